The lowest BCUT2D eigenvalue weighted by Crippen LogP contribution is -2.48. The number of hydrogen-bond donors (Lipinski definition) is 1. The number of nitrogens with one attached hydrogen (secondary N) is 1. The van der Waals surface area contributed by atoms with E-state index >= 15 is 0 Å². The summed E-state index contributed by atoms with van der Waals surface area (Å²) in [5.41, 5.74) is 0.990. The van der Waals surface area contributed by atoms with Gasteiger partial charge in [-0.15, -0.1) is 0 Å². The molecule has 170 valence electrons. The molecule has 3 aromatic rings. The van der Waals surface area contributed by atoms with Crippen molar-refractivity contribution in [2.75, 3.05) is 23.3 Å². The second-order valence-corrected chi connectivity index (χ2v) is 9.42. The van der Waals surface area contributed by atoms with Crippen LogP contribution in [0, 0.1) is 0 Å². The van der Waals surface area contributed by atoms with Gasteiger partial charge in [-0.1, -0.05) is 29.8 Å². The van der Waals surface area contributed by atoms with Crippen LogP contribution in [-0.2, 0) is 19.6 Å². The van der Waals surface area contributed by atoms with Crippen LogP contribution in [0.1, 0.15) is 10.4 Å². The molecule has 1 aliphatic heterocycles. The van der Waals surface area contributed by atoms with Gasteiger partial charge in [0.2, 0.25) is 0 Å². The van der Waals surface area contributed by atoms with Crippen LogP contribution in [-0.4, -0.2) is 40.1 Å². The van der Waals surface area contributed by atoms with E-state index in [9.17, 15) is 18.0 Å². The van der Waals surface area contributed by atoms with Gasteiger partial charge in [-0.25, -0.2) is 13.2 Å². The zero-order valence-electron chi connectivity index (χ0n) is 17.4. The molecular weight excluding hydrogens is 468 g/mol. The monoisotopic (exact) mass is 486 g/mol. The Morgan fingerprint density at radius 1 is 1.06 bits per heavy atom. The molecule has 0 radical (unpaired) electrons. The van der Waals surface area contributed by atoms with Crippen molar-refractivity contribution in [1.82, 2.24) is 0 Å². The molecule has 1 N–H and O–H groups in total. The second kappa shape index (κ2) is 9.13. The minimum absolute atomic E-state index is 0.0791. The standard InChI is InChI=1S/C23H19ClN2O6S/c1-31-23(28)15-7-10-17(11-8-15)25-22(27)21-14-26(19-13-16(24)9-12-20(19)32-21)33(29,30)18-5-3-2-4-6-18/h2-13,21H,14H2,1H3,(H,25,27)/t21-/m0/s1. The van der Waals surface area contributed by atoms with Crippen LogP contribution in [0.15, 0.2) is 77.7 Å². The molecule has 1 aliphatic rings. The average Bonchev–Trinajstić information content (AvgIpc) is 2.83. The first kappa shape index (κ1) is 22.6. The van der Waals surface area contributed by atoms with Crippen molar-refractivity contribution >= 4 is 44.9 Å². The molecule has 10 heteroatoms. The van der Waals surface area contributed by atoms with Crippen LogP contribution in [0.4, 0.5) is 11.4 Å². The Labute approximate surface area is 195 Å². The SMILES string of the molecule is COC(=O)c1ccc(NC(=O)[C@@H]2CN(S(=O)(=O)c3ccccc3)c3cc(Cl)ccc3O2)cc1. The van der Waals surface area contributed by atoms with Crippen LogP contribution < -0.4 is 14.4 Å². The minimum Gasteiger partial charge on any atom is -0.476 e. The highest BCUT2D eigenvalue weighted by atomic mass is 35.5. The highest BCUT2D eigenvalue weighted by Gasteiger charge is 2.37. The summed E-state index contributed by atoms with van der Waals surface area (Å²) in [6.45, 7) is -0.253. The fraction of sp³-hybridized carbons (Fsp3) is 0.130. The van der Waals surface area contributed by atoms with Gasteiger partial charge in [0.05, 0.1) is 29.8 Å². The number of anilines is 2. The number of hydrogen-bond acceptors (Lipinski definition) is 6. The summed E-state index contributed by atoms with van der Waals surface area (Å²) in [5.74, 6) is -0.832. The van der Waals surface area contributed by atoms with Crippen LogP contribution >= 0.6 is 11.6 Å². The van der Waals surface area contributed by atoms with E-state index in [0.29, 0.717) is 16.3 Å². The van der Waals surface area contributed by atoms with Gasteiger partial charge in [0.1, 0.15) is 5.75 Å². The van der Waals surface area contributed by atoms with Gasteiger partial charge in [-0.3, -0.25) is 9.10 Å². The first-order valence-electron chi connectivity index (χ1n) is 9.83. The van der Waals surface area contributed by atoms with Gasteiger partial charge in [0.25, 0.3) is 15.9 Å². The molecule has 0 spiro atoms. The molecule has 0 aliphatic carbocycles. The van der Waals surface area contributed by atoms with Crippen LogP contribution in [0.2, 0.25) is 5.02 Å². The summed E-state index contributed by atoms with van der Waals surface area (Å²) in [7, 11) is -2.71. The van der Waals surface area contributed by atoms with E-state index < -0.39 is 28.0 Å². The van der Waals surface area contributed by atoms with E-state index in [1.165, 1.54) is 43.5 Å². The van der Waals surface area contributed by atoms with Gasteiger partial charge in [-0.05, 0) is 54.6 Å². The van der Waals surface area contributed by atoms with Gasteiger partial charge in [0.15, 0.2) is 6.10 Å². The number of esters is 1. The molecule has 0 saturated carbocycles. The number of rotatable bonds is 5. The molecule has 0 fully saturated rings. The van der Waals surface area contributed by atoms with E-state index in [4.69, 9.17) is 16.3 Å². The van der Waals surface area contributed by atoms with Gasteiger partial charge < -0.3 is 14.8 Å². The Kier molecular flexibility index (Phi) is 6.26. The maximum atomic E-state index is 13.4. The van der Waals surface area contributed by atoms with E-state index in [2.05, 4.69) is 10.1 Å². The number of carbonyl (C=O) groups excluding carboxylic acids is 2. The number of nitrogens with zero attached hydrogens (tertiary/aromatic N) is 1. The summed E-state index contributed by atoms with van der Waals surface area (Å²) >= 11 is 6.10. The molecule has 0 bridgehead atoms. The average molecular weight is 487 g/mol. The molecule has 4 rings (SSSR count). The fourth-order valence-electron chi connectivity index (χ4n) is 3.34. The molecule has 3 aromatic carbocycles. The predicted molar refractivity (Wildman–Crippen MR) is 123 cm³/mol. The third kappa shape index (κ3) is 4.64. The van der Waals surface area contributed by atoms with Crippen molar-refractivity contribution in [2.45, 2.75) is 11.0 Å². The maximum absolute atomic E-state index is 13.4. The smallest absolute Gasteiger partial charge is 0.337 e. The zero-order valence-corrected chi connectivity index (χ0v) is 19.0. The number of sulfonamides is 1. The maximum Gasteiger partial charge on any atom is 0.337 e. The molecule has 1 atom stereocenters. The van der Waals surface area contributed by atoms with Gasteiger partial charge in [-0.2, -0.15) is 0 Å². The van der Waals surface area contributed by atoms with Crippen molar-refractivity contribution in [3.63, 3.8) is 0 Å². The topological polar surface area (TPSA) is 102 Å². The molecule has 0 unspecified atom stereocenters. The number of carbonyl (C=O) groups is 2. The van der Waals surface area contributed by atoms with Crippen molar-refractivity contribution in [1.29, 1.82) is 0 Å². The lowest BCUT2D eigenvalue weighted by Gasteiger charge is -2.34. The number of methoxy groups -OCH3 is 1. The van der Waals surface area contributed by atoms with Crippen molar-refractivity contribution in [2.24, 2.45) is 0 Å². The highest BCUT2D eigenvalue weighted by Crippen LogP contribution is 2.39. The largest absolute Gasteiger partial charge is 0.476 e. The zero-order chi connectivity index (χ0) is 23.6. The molecule has 1 heterocycles. The summed E-state index contributed by atoms with van der Waals surface area (Å²) in [4.78, 5) is 24.6. The predicted octanol–water partition coefficient (Wildman–Crippen LogP) is 3.72. The molecule has 8 nitrogen and oxygen atoms in total. The first-order valence-corrected chi connectivity index (χ1v) is 11.6. The van der Waals surface area contributed by atoms with Crippen LogP contribution in [0.3, 0.4) is 0 Å². The Hall–Kier alpha value is -3.56. The summed E-state index contributed by atoms with van der Waals surface area (Å²) in [6, 6.07) is 18.6. The summed E-state index contributed by atoms with van der Waals surface area (Å²) in [5, 5.41) is 3.02. The van der Waals surface area contributed by atoms with E-state index in [1.807, 2.05) is 0 Å². The van der Waals surface area contributed by atoms with Crippen LogP contribution in [0.25, 0.3) is 0 Å². The first-order chi connectivity index (χ1) is 15.8. The van der Waals surface area contributed by atoms with E-state index in [-0.39, 0.29) is 22.9 Å². The lowest BCUT2D eigenvalue weighted by molar-refractivity contribution is -0.122. The minimum atomic E-state index is -3.99. The van der Waals surface area contributed by atoms with Crippen molar-refractivity contribution in [3.05, 3.63) is 83.4 Å². The summed E-state index contributed by atoms with van der Waals surface area (Å²) in [6.07, 6.45) is -1.13. The Morgan fingerprint density at radius 2 is 1.76 bits per heavy atom. The lowest BCUT2D eigenvalue weighted by atomic mass is 10.2. The molecular formula is C23H19ClN2O6S. The molecule has 0 aromatic heterocycles. The van der Waals surface area contributed by atoms with Crippen molar-refractivity contribution in [3.8, 4) is 5.75 Å². The van der Waals surface area contributed by atoms with E-state index in [0.717, 1.165) is 4.31 Å². The van der Waals surface area contributed by atoms with Crippen molar-refractivity contribution < 1.29 is 27.5 Å². The second-order valence-electron chi connectivity index (χ2n) is 7.13. The number of fused-ring (bicyclic) bond motifs is 1. The molecule has 0 saturated heterocycles. The quantitative estimate of drug-likeness (QED) is 0.551. The Balaban J connectivity index is 1.62. The highest BCUT2D eigenvalue weighted by molar-refractivity contribution is 7.92. The number of ether oxygens (including phenoxy) is 2. The molecule has 33 heavy (non-hydrogen) atoms. The summed E-state index contributed by atoms with van der Waals surface area (Å²) < 4.78 is 38.3. The Morgan fingerprint density at radius 3 is 2.42 bits per heavy atom. The number of benzene rings is 3. The third-order valence-corrected chi connectivity index (χ3v) is 7.02. The van der Waals surface area contributed by atoms with E-state index in [1.54, 1.807) is 36.4 Å². The van der Waals surface area contributed by atoms with Gasteiger partial charge in [0, 0.05) is 10.7 Å². The fourth-order valence-corrected chi connectivity index (χ4v) is 4.99. The molecule has 1 amide bonds. The normalized spacial score (nSPS) is 15.2. The van der Waals surface area contributed by atoms with Gasteiger partial charge >= 0.3 is 5.97 Å². The number of amides is 1. The van der Waals surface area contributed by atoms with Crippen LogP contribution in [0.5, 0.6) is 5.75 Å². The Bertz CT molecular complexity index is 1300. The third-order valence-electron chi connectivity index (χ3n) is 4.99. The number of halogens is 1.